The van der Waals surface area contributed by atoms with Gasteiger partial charge in [0.05, 0.1) is 24.6 Å². The predicted molar refractivity (Wildman–Crippen MR) is 98.0 cm³/mol. The van der Waals surface area contributed by atoms with E-state index in [0.717, 1.165) is 19.5 Å². The van der Waals surface area contributed by atoms with Gasteiger partial charge in [-0.2, -0.15) is 0 Å². The fourth-order valence-corrected chi connectivity index (χ4v) is 2.60. The molecule has 0 spiro atoms. The summed E-state index contributed by atoms with van der Waals surface area (Å²) in [5.41, 5.74) is 0.249. The number of aromatic nitrogens is 2. The third kappa shape index (κ3) is 4.74. The van der Waals surface area contributed by atoms with Crippen LogP contribution in [-0.4, -0.2) is 64.8 Å². The molecule has 1 N–H and O–H groups in total. The van der Waals surface area contributed by atoms with Crippen LogP contribution < -0.4 is 9.47 Å². The predicted octanol–water partition coefficient (Wildman–Crippen LogP) is 2.23. The first-order chi connectivity index (χ1) is 13.5. The highest BCUT2D eigenvalue weighted by Gasteiger charge is 2.23. The molecule has 1 atom stereocenters. The van der Waals surface area contributed by atoms with Crippen LogP contribution in [0.25, 0.3) is 0 Å². The van der Waals surface area contributed by atoms with Crippen molar-refractivity contribution in [2.75, 3.05) is 26.8 Å². The summed E-state index contributed by atoms with van der Waals surface area (Å²) in [6, 6.07) is 4.32. The molecule has 28 heavy (non-hydrogen) atoms. The Morgan fingerprint density at radius 2 is 1.93 bits per heavy atom. The van der Waals surface area contributed by atoms with E-state index in [1.54, 1.807) is 25.0 Å². The molecule has 9 heteroatoms. The highest BCUT2D eigenvalue weighted by Crippen LogP contribution is 2.27. The molecule has 1 amide bonds. The maximum atomic E-state index is 12.1. The van der Waals surface area contributed by atoms with E-state index in [1.165, 1.54) is 24.5 Å². The van der Waals surface area contributed by atoms with Gasteiger partial charge in [-0.1, -0.05) is 0 Å². The fraction of sp³-hybridized carbons (Fsp3) is 0.368. The summed E-state index contributed by atoms with van der Waals surface area (Å²) >= 11 is 0. The van der Waals surface area contributed by atoms with Gasteiger partial charge in [0.1, 0.15) is 23.3 Å². The fourth-order valence-electron chi connectivity index (χ4n) is 2.60. The monoisotopic (exact) mass is 387 g/mol. The van der Waals surface area contributed by atoms with Crippen molar-refractivity contribution in [3.63, 3.8) is 0 Å². The number of carbonyl (C=O) groups is 2. The van der Waals surface area contributed by atoms with Crippen LogP contribution in [0.5, 0.6) is 17.4 Å². The van der Waals surface area contributed by atoms with Gasteiger partial charge in [-0.05, 0) is 25.5 Å². The highest BCUT2D eigenvalue weighted by molar-refractivity contribution is 5.92. The van der Waals surface area contributed by atoms with Crippen LogP contribution in [0.4, 0.5) is 0 Å². The SMILES string of the molecule is COCC(C)Oc1cc(Oc2cnc(C(=O)N3CCC3)cn2)cc(C(=O)O)c1. The molecule has 1 unspecified atom stereocenters. The summed E-state index contributed by atoms with van der Waals surface area (Å²) in [7, 11) is 1.55. The van der Waals surface area contributed by atoms with Crippen LogP contribution in [0.15, 0.2) is 30.6 Å². The van der Waals surface area contributed by atoms with Crippen molar-refractivity contribution < 1.29 is 28.9 Å². The van der Waals surface area contributed by atoms with Gasteiger partial charge in [0, 0.05) is 26.3 Å². The molecular weight excluding hydrogens is 366 g/mol. The third-order valence-electron chi connectivity index (χ3n) is 4.08. The molecule has 1 fully saturated rings. The van der Waals surface area contributed by atoms with Gasteiger partial charge < -0.3 is 24.2 Å². The summed E-state index contributed by atoms with van der Waals surface area (Å²) in [6.45, 7) is 3.61. The van der Waals surface area contributed by atoms with Gasteiger partial charge in [-0.3, -0.25) is 4.79 Å². The van der Waals surface area contributed by atoms with Gasteiger partial charge in [0.15, 0.2) is 0 Å². The second-order valence-corrected chi connectivity index (χ2v) is 6.37. The van der Waals surface area contributed by atoms with Crippen LogP contribution in [0, 0.1) is 0 Å². The Morgan fingerprint density at radius 3 is 2.50 bits per heavy atom. The quantitative estimate of drug-likeness (QED) is 0.734. The number of carboxylic acids is 1. The second-order valence-electron chi connectivity index (χ2n) is 6.37. The van der Waals surface area contributed by atoms with Crippen LogP contribution in [0.2, 0.25) is 0 Å². The molecular formula is C19H21N3O6. The number of carboxylic acid groups (broad SMARTS) is 1. The largest absolute Gasteiger partial charge is 0.488 e. The molecule has 1 saturated heterocycles. The average Bonchev–Trinajstić information content (AvgIpc) is 2.60. The van der Waals surface area contributed by atoms with E-state index in [4.69, 9.17) is 14.2 Å². The zero-order valence-electron chi connectivity index (χ0n) is 15.6. The number of aromatic carboxylic acids is 1. The van der Waals surface area contributed by atoms with Crippen molar-refractivity contribution in [1.29, 1.82) is 0 Å². The molecule has 0 bridgehead atoms. The molecule has 0 saturated carbocycles. The van der Waals surface area contributed by atoms with Gasteiger partial charge in [0.25, 0.3) is 5.91 Å². The number of hydrogen-bond donors (Lipinski definition) is 1. The summed E-state index contributed by atoms with van der Waals surface area (Å²) in [5, 5.41) is 9.31. The molecule has 3 rings (SSSR count). The zero-order chi connectivity index (χ0) is 20.1. The van der Waals surface area contributed by atoms with Crippen molar-refractivity contribution in [3.8, 4) is 17.4 Å². The molecule has 1 aliphatic rings. The molecule has 1 aliphatic heterocycles. The lowest BCUT2D eigenvalue weighted by Gasteiger charge is -2.30. The molecule has 1 aromatic carbocycles. The third-order valence-corrected chi connectivity index (χ3v) is 4.08. The van der Waals surface area contributed by atoms with Crippen molar-refractivity contribution in [2.45, 2.75) is 19.4 Å². The summed E-state index contributed by atoms with van der Waals surface area (Å²) < 4.78 is 16.3. The number of benzene rings is 1. The van der Waals surface area contributed by atoms with Gasteiger partial charge in [-0.15, -0.1) is 0 Å². The summed E-state index contributed by atoms with van der Waals surface area (Å²) in [5.74, 6) is -0.580. The van der Waals surface area contributed by atoms with Crippen molar-refractivity contribution >= 4 is 11.9 Å². The maximum absolute atomic E-state index is 12.1. The number of hydrogen-bond acceptors (Lipinski definition) is 7. The Morgan fingerprint density at radius 1 is 1.18 bits per heavy atom. The van der Waals surface area contributed by atoms with E-state index < -0.39 is 5.97 Å². The zero-order valence-corrected chi connectivity index (χ0v) is 15.6. The lowest BCUT2D eigenvalue weighted by Crippen LogP contribution is -2.42. The first kappa shape index (κ1) is 19.6. The standard InChI is InChI=1S/C19H21N3O6/c1-12(11-26-2)27-14-6-13(19(24)25)7-15(8-14)28-17-10-20-16(9-21-17)18(23)22-4-3-5-22/h6-10,12H,3-5,11H2,1-2H3,(H,24,25). The van der Waals surface area contributed by atoms with Gasteiger partial charge in [0.2, 0.25) is 5.88 Å². The normalized spacial score (nSPS) is 14.1. The number of ether oxygens (including phenoxy) is 3. The van der Waals surface area contributed by atoms with E-state index >= 15 is 0 Å². The van der Waals surface area contributed by atoms with Crippen LogP contribution >= 0.6 is 0 Å². The Labute approximate surface area is 161 Å². The number of rotatable bonds is 8. The van der Waals surface area contributed by atoms with E-state index in [0.29, 0.717) is 12.4 Å². The Balaban J connectivity index is 1.75. The lowest BCUT2D eigenvalue weighted by molar-refractivity contribution is 0.0643. The number of nitrogens with zero attached hydrogens (tertiary/aromatic N) is 3. The molecule has 2 heterocycles. The van der Waals surface area contributed by atoms with Gasteiger partial charge in [-0.25, -0.2) is 14.8 Å². The first-order valence-electron chi connectivity index (χ1n) is 8.79. The average molecular weight is 387 g/mol. The minimum atomic E-state index is -1.11. The first-order valence-corrected chi connectivity index (χ1v) is 8.79. The minimum Gasteiger partial charge on any atom is -0.488 e. The Kier molecular flexibility index (Phi) is 6.05. The molecule has 9 nitrogen and oxygen atoms in total. The lowest BCUT2D eigenvalue weighted by atomic mass is 10.2. The van der Waals surface area contributed by atoms with Crippen LogP contribution in [-0.2, 0) is 4.74 Å². The number of amides is 1. The summed E-state index contributed by atoms with van der Waals surface area (Å²) in [4.78, 5) is 33.4. The number of carbonyl (C=O) groups excluding carboxylic acids is 1. The molecule has 2 aromatic rings. The van der Waals surface area contributed by atoms with E-state index in [1.807, 2.05) is 0 Å². The Hall–Kier alpha value is -3.20. The minimum absolute atomic E-state index is 0.00894. The van der Waals surface area contributed by atoms with E-state index in [-0.39, 0.29) is 34.9 Å². The second kappa shape index (κ2) is 8.66. The van der Waals surface area contributed by atoms with Crippen molar-refractivity contribution in [3.05, 3.63) is 41.9 Å². The van der Waals surface area contributed by atoms with Crippen molar-refractivity contribution in [2.24, 2.45) is 0 Å². The van der Waals surface area contributed by atoms with Crippen LogP contribution in [0.1, 0.15) is 34.2 Å². The van der Waals surface area contributed by atoms with E-state index in [2.05, 4.69) is 9.97 Å². The smallest absolute Gasteiger partial charge is 0.335 e. The topological polar surface area (TPSA) is 111 Å². The van der Waals surface area contributed by atoms with E-state index in [9.17, 15) is 14.7 Å². The number of methoxy groups -OCH3 is 1. The molecule has 1 aromatic heterocycles. The summed E-state index contributed by atoms with van der Waals surface area (Å²) in [6.07, 6.45) is 3.39. The number of likely N-dealkylation sites (tertiary alicyclic amines) is 1. The van der Waals surface area contributed by atoms with Gasteiger partial charge >= 0.3 is 5.97 Å². The van der Waals surface area contributed by atoms with Crippen molar-refractivity contribution in [1.82, 2.24) is 14.9 Å². The highest BCUT2D eigenvalue weighted by atomic mass is 16.5. The Bertz CT molecular complexity index is 851. The molecule has 0 radical (unpaired) electrons. The van der Waals surface area contributed by atoms with Crippen LogP contribution in [0.3, 0.4) is 0 Å². The maximum Gasteiger partial charge on any atom is 0.335 e. The molecule has 0 aliphatic carbocycles. The molecule has 148 valence electrons.